The van der Waals surface area contributed by atoms with Crippen LogP contribution in [0.15, 0.2) is 0 Å². The first-order valence-corrected chi connectivity index (χ1v) is 16.9. The van der Waals surface area contributed by atoms with E-state index < -0.39 is 0 Å². The Bertz CT molecular complexity index is 446. The molecule has 0 amide bonds. The molecule has 0 aliphatic carbocycles. The van der Waals surface area contributed by atoms with Crippen LogP contribution in [0, 0.1) is 0 Å². The molecule has 0 saturated heterocycles. The molecule has 0 bridgehead atoms. The molecule has 1 atom stereocenters. The first-order chi connectivity index (χ1) is 17.6. The van der Waals surface area contributed by atoms with E-state index in [0.717, 1.165) is 25.7 Å². The number of hydrogen-bond acceptors (Lipinski definition) is 2. The summed E-state index contributed by atoms with van der Waals surface area (Å²) in [5.41, 5.74) is -0.202. The van der Waals surface area contributed by atoms with Crippen molar-refractivity contribution >= 4 is 5.97 Å². The van der Waals surface area contributed by atoms with Gasteiger partial charge < -0.3 is 4.74 Å². The molecule has 0 radical (unpaired) electrons. The zero-order valence-corrected chi connectivity index (χ0v) is 25.6. The Kier molecular flexibility index (Phi) is 27.1. The fourth-order valence-corrected chi connectivity index (χ4v) is 5.51. The van der Waals surface area contributed by atoms with E-state index in [2.05, 4.69) is 27.7 Å². The van der Waals surface area contributed by atoms with Crippen LogP contribution in [0.3, 0.4) is 0 Å². The highest BCUT2D eigenvalue weighted by Crippen LogP contribution is 2.31. The van der Waals surface area contributed by atoms with Crippen LogP contribution in [0.5, 0.6) is 0 Å². The second-order valence-corrected chi connectivity index (χ2v) is 11.7. The Morgan fingerprint density at radius 3 is 1.14 bits per heavy atom. The zero-order chi connectivity index (χ0) is 26.6. The lowest BCUT2D eigenvalue weighted by molar-refractivity contribution is -0.162. The van der Waals surface area contributed by atoms with Gasteiger partial charge in [-0.2, -0.15) is 0 Å². The number of carbonyl (C=O) groups excluding carboxylic acids is 1. The van der Waals surface area contributed by atoms with Gasteiger partial charge in [0.1, 0.15) is 5.60 Å². The van der Waals surface area contributed by atoms with Crippen molar-refractivity contribution in [2.75, 3.05) is 0 Å². The van der Waals surface area contributed by atoms with Crippen LogP contribution in [0.2, 0.25) is 0 Å². The van der Waals surface area contributed by atoms with Crippen LogP contribution in [-0.2, 0) is 9.53 Å². The van der Waals surface area contributed by atoms with Crippen LogP contribution >= 0.6 is 0 Å². The van der Waals surface area contributed by atoms with Gasteiger partial charge in [0.15, 0.2) is 0 Å². The van der Waals surface area contributed by atoms with Crippen LogP contribution in [0.25, 0.3) is 0 Å². The van der Waals surface area contributed by atoms with Gasteiger partial charge in [-0.3, -0.25) is 4.79 Å². The summed E-state index contributed by atoms with van der Waals surface area (Å²) in [6, 6.07) is 0. The van der Waals surface area contributed by atoms with Crippen LogP contribution in [0.4, 0.5) is 0 Å². The van der Waals surface area contributed by atoms with Gasteiger partial charge in [-0.15, -0.1) is 0 Å². The molecule has 1 unspecified atom stereocenters. The summed E-state index contributed by atoms with van der Waals surface area (Å²) in [5.74, 6) is 0.0639. The van der Waals surface area contributed by atoms with Crippen LogP contribution < -0.4 is 0 Å². The topological polar surface area (TPSA) is 26.3 Å². The van der Waals surface area contributed by atoms with Gasteiger partial charge in [-0.05, 0) is 38.5 Å². The summed E-state index contributed by atoms with van der Waals surface area (Å²) in [6.45, 7) is 9.04. The maximum absolute atomic E-state index is 12.7. The van der Waals surface area contributed by atoms with E-state index >= 15 is 0 Å². The summed E-state index contributed by atoms with van der Waals surface area (Å²) in [4.78, 5) is 12.7. The van der Waals surface area contributed by atoms with Crippen molar-refractivity contribution in [1.29, 1.82) is 0 Å². The third kappa shape index (κ3) is 22.7. The number of ether oxygens (including phenoxy) is 1. The zero-order valence-electron chi connectivity index (χ0n) is 25.6. The predicted octanol–water partition coefficient (Wildman–Crippen LogP) is 12.3. The quantitative estimate of drug-likeness (QED) is 0.0741. The number of esters is 1. The molecule has 216 valence electrons. The predicted molar refractivity (Wildman–Crippen MR) is 161 cm³/mol. The number of unbranched alkanes of at least 4 members (excludes halogenated alkanes) is 21. The third-order valence-electron chi connectivity index (χ3n) is 8.18. The molecule has 0 aliphatic heterocycles. The average Bonchev–Trinajstić information content (AvgIpc) is 2.88. The molecule has 2 nitrogen and oxygen atoms in total. The minimum atomic E-state index is -0.202. The SMILES string of the molecule is CCCCCCCCCCCCCCCCCC(=O)OC(CC)(CCCCC)CCCCCCCC. The second-order valence-electron chi connectivity index (χ2n) is 11.7. The van der Waals surface area contributed by atoms with Crippen molar-refractivity contribution in [3.63, 3.8) is 0 Å². The molecule has 36 heavy (non-hydrogen) atoms. The van der Waals surface area contributed by atoms with Crippen molar-refractivity contribution in [2.45, 2.75) is 213 Å². The maximum Gasteiger partial charge on any atom is 0.306 e. The maximum atomic E-state index is 12.7. The summed E-state index contributed by atoms with van der Waals surface area (Å²) < 4.78 is 6.24. The molecule has 0 spiro atoms. The lowest BCUT2D eigenvalue weighted by Crippen LogP contribution is -2.34. The van der Waals surface area contributed by atoms with E-state index in [1.165, 1.54) is 148 Å². The standard InChI is InChI=1S/C34H68O2/c1-5-9-12-14-16-17-18-19-20-21-22-23-24-25-27-30-33(35)36-34(8-4,31-28-11-7-3)32-29-26-15-13-10-6-2/h5-32H2,1-4H3. The Labute approximate surface area is 228 Å². The molecule has 0 rings (SSSR count). The normalized spacial score (nSPS) is 13.1. The lowest BCUT2D eigenvalue weighted by Gasteiger charge is -2.33. The van der Waals surface area contributed by atoms with E-state index in [9.17, 15) is 4.79 Å². The Balaban J connectivity index is 3.92. The number of hydrogen-bond donors (Lipinski definition) is 0. The van der Waals surface area contributed by atoms with Crippen LogP contribution in [-0.4, -0.2) is 11.6 Å². The number of carbonyl (C=O) groups is 1. The van der Waals surface area contributed by atoms with Gasteiger partial charge in [0, 0.05) is 6.42 Å². The van der Waals surface area contributed by atoms with Crippen LogP contribution in [0.1, 0.15) is 207 Å². The Morgan fingerprint density at radius 2 is 0.750 bits per heavy atom. The molecule has 0 aromatic heterocycles. The first-order valence-electron chi connectivity index (χ1n) is 16.9. The minimum Gasteiger partial charge on any atom is -0.459 e. The van der Waals surface area contributed by atoms with E-state index in [4.69, 9.17) is 4.74 Å². The van der Waals surface area contributed by atoms with Gasteiger partial charge in [-0.25, -0.2) is 0 Å². The van der Waals surface area contributed by atoms with E-state index in [0.29, 0.717) is 6.42 Å². The molecule has 0 aliphatic rings. The van der Waals surface area contributed by atoms with Gasteiger partial charge in [-0.1, -0.05) is 163 Å². The van der Waals surface area contributed by atoms with Gasteiger partial charge in [0.25, 0.3) is 0 Å². The van der Waals surface area contributed by atoms with Gasteiger partial charge >= 0.3 is 5.97 Å². The molecular weight excluding hydrogens is 440 g/mol. The Hall–Kier alpha value is -0.530. The van der Waals surface area contributed by atoms with Crippen molar-refractivity contribution in [3.8, 4) is 0 Å². The molecule has 0 fully saturated rings. The van der Waals surface area contributed by atoms with E-state index in [1.807, 2.05) is 0 Å². The molecule has 0 aromatic rings. The summed E-state index contributed by atoms with van der Waals surface area (Å²) >= 11 is 0. The fraction of sp³-hybridized carbons (Fsp3) is 0.971. The summed E-state index contributed by atoms with van der Waals surface area (Å²) in [6.07, 6.45) is 35.5. The average molecular weight is 509 g/mol. The molecule has 0 heterocycles. The smallest absolute Gasteiger partial charge is 0.306 e. The van der Waals surface area contributed by atoms with E-state index in [-0.39, 0.29) is 11.6 Å². The lowest BCUT2D eigenvalue weighted by atomic mass is 9.87. The molecule has 0 N–H and O–H groups in total. The molecule has 2 heteroatoms. The highest BCUT2D eigenvalue weighted by Gasteiger charge is 2.31. The van der Waals surface area contributed by atoms with Gasteiger partial charge in [0.2, 0.25) is 0 Å². The highest BCUT2D eigenvalue weighted by atomic mass is 16.6. The van der Waals surface area contributed by atoms with Crippen molar-refractivity contribution in [2.24, 2.45) is 0 Å². The van der Waals surface area contributed by atoms with Crippen molar-refractivity contribution in [3.05, 3.63) is 0 Å². The summed E-state index contributed by atoms with van der Waals surface area (Å²) in [7, 11) is 0. The molecular formula is C34H68O2. The highest BCUT2D eigenvalue weighted by molar-refractivity contribution is 5.69. The second kappa shape index (κ2) is 27.5. The minimum absolute atomic E-state index is 0.0639. The summed E-state index contributed by atoms with van der Waals surface area (Å²) in [5, 5.41) is 0. The first kappa shape index (κ1) is 35.5. The van der Waals surface area contributed by atoms with Crippen molar-refractivity contribution < 1.29 is 9.53 Å². The van der Waals surface area contributed by atoms with Gasteiger partial charge in [0.05, 0.1) is 0 Å². The number of rotatable bonds is 29. The molecule has 0 saturated carbocycles. The third-order valence-corrected chi connectivity index (χ3v) is 8.18. The van der Waals surface area contributed by atoms with Crippen molar-refractivity contribution in [1.82, 2.24) is 0 Å². The monoisotopic (exact) mass is 509 g/mol. The fourth-order valence-electron chi connectivity index (χ4n) is 5.51. The largest absolute Gasteiger partial charge is 0.459 e. The Morgan fingerprint density at radius 1 is 0.444 bits per heavy atom. The van der Waals surface area contributed by atoms with E-state index in [1.54, 1.807) is 0 Å². The molecule has 0 aromatic carbocycles.